The second kappa shape index (κ2) is 6.94. The standard InChI is InChI=1S/C18H24N2O3/c1-13(21)20-16(14-8-6-5-7-9-14)12-15(19-20)10-11-17(22)23-18(2,3)4/h5-9,16H,10-12H2,1-4H3. The van der Waals surface area contributed by atoms with Gasteiger partial charge in [-0.25, -0.2) is 5.01 Å². The van der Waals surface area contributed by atoms with E-state index in [2.05, 4.69) is 5.10 Å². The Bertz CT molecular complexity index is 602. The van der Waals surface area contributed by atoms with Gasteiger partial charge in [0.15, 0.2) is 0 Å². The first-order valence-corrected chi connectivity index (χ1v) is 7.89. The van der Waals surface area contributed by atoms with Crippen molar-refractivity contribution in [2.45, 2.75) is 58.6 Å². The average Bonchev–Trinajstić information content (AvgIpc) is 2.89. The molecule has 1 amide bonds. The summed E-state index contributed by atoms with van der Waals surface area (Å²) in [6, 6.07) is 9.75. The van der Waals surface area contributed by atoms with Gasteiger partial charge in [0.05, 0.1) is 12.5 Å². The molecule has 1 aliphatic heterocycles. The smallest absolute Gasteiger partial charge is 0.306 e. The van der Waals surface area contributed by atoms with Crippen molar-refractivity contribution in [1.29, 1.82) is 0 Å². The molecule has 1 unspecified atom stereocenters. The third-order valence-corrected chi connectivity index (χ3v) is 3.52. The number of hydrogen-bond acceptors (Lipinski definition) is 4. The fourth-order valence-corrected chi connectivity index (χ4v) is 2.59. The molecule has 23 heavy (non-hydrogen) atoms. The highest BCUT2D eigenvalue weighted by atomic mass is 16.6. The Hall–Kier alpha value is -2.17. The quantitative estimate of drug-likeness (QED) is 0.799. The molecule has 0 spiro atoms. The Morgan fingerprint density at radius 2 is 1.91 bits per heavy atom. The Labute approximate surface area is 137 Å². The van der Waals surface area contributed by atoms with Gasteiger partial charge in [0.1, 0.15) is 5.60 Å². The molecule has 0 radical (unpaired) electrons. The predicted molar refractivity (Wildman–Crippen MR) is 88.8 cm³/mol. The summed E-state index contributed by atoms with van der Waals surface area (Å²) in [5.41, 5.74) is 1.44. The van der Waals surface area contributed by atoms with Crippen molar-refractivity contribution < 1.29 is 14.3 Å². The van der Waals surface area contributed by atoms with Gasteiger partial charge >= 0.3 is 5.97 Å². The molecular formula is C18H24N2O3. The van der Waals surface area contributed by atoms with Crippen LogP contribution in [0, 0.1) is 0 Å². The fraction of sp³-hybridized carbons (Fsp3) is 0.500. The van der Waals surface area contributed by atoms with Gasteiger partial charge in [0.25, 0.3) is 0 Å². The summed E-state index contributed by atoms with van der Waals surface area (Å²) in [7, 11) is 0. The minimum atomic E-state index is -0.480. The first-order chi connectivity index (χ1) is 10.8. The van der Waals surface area contributed by atoms with Crippen LogP contribution in [0.4, 0.5) is 0 Å². The number of ether oxygens (including phenoxy) is 1. The summed E-state index contributed by atoms with van der Waals surface area (Å²) in [5.74, 6) is -0.330. The first-order valence-electron chi connectivity index (χ1n) is 7.89. The molecule has 0 bridgehead atoms. The van der Waals surface area contributed by atoms with E-state index in [1.54, 1.807) is 0 Å². The molecule has 1 aromatic carbocycles. The lowest BCUT2D eigenvalue weighted by Crippen LogP contribution is -2.24. The van der Waals surface area contributed by atoms with Crippen LogP contribution in [0.15, 0.2) is 35.4 Å². The van der Waals surface area contributed by atoms with Crippen LogP contribution < -0.4 is 0 Å². The number of esters is 1. The number of rotatable bonds is 4. The summed E-state index contributed by atoms with van der Waals surface area (Å²) >= 11 is 0. The van der Waals surface area contributed by atoms with E-state index in [4.69, 9.17) is 4.74 Å². The summed E-state index contributed by atoms with van der Waals surface area (Å²) in [6.07, 6.45) is 1.46. The molecule has 5 nitrogen and oxygen atoms in total. The van der Waals surface area contributed by atoms with E-state index >= 15 is 0 Å². The van der Waals surface area contributed by atoms with Crippen molar-refractivity contribution >= 4 is 17.6 Å². The second-order valence-corrected chi connectivity index (χ2v) is 6.75. The van der Waals surface area contributed by atoms with Crippen LogP contribution in [0.25, 0.3) is 0 Å². The largest absolute Gasteiger partial charge is 0.460 e. The summed E-state index contributed by atoms with van der Waals surface area (Å²) in [4.78, 5) is 23.7. The maximum absolute atomic E-state index is 11.8. The molecular weight excluding hydrogens is 292 g/mol. The molecule has 5 heteroatoms. The van der Waals surface area contributed by atoms with Crippen molar-refractivity contribution in [2.75, 3.05) is 0 Å². The maximum Gasteiger partial charge on any atom is 0.306 e. The van der Waals surface area contributed by atoms with E-state index in [0.29, 0.717) is 12.8 Å². The van der Waals surface area contributed by atoms with Gasteiger partial charge in [-0.2, -0.15) is 5.10 Å². The van der Waals surface area contributed by atoms with E-state index in [1.807, 2.05) is 51.1 Å². The van der Waals surface area contributed by atoms with Crippen molar-refractivity contribution in [3.05, 3.63) is 35.9 Å². The number of hydrazone groups is 1. The van der Waals surface area contributed by atoms with Gasteiger partial charge < -0.3 is 4.74 Å². The molecule has 0 N–H and O–H groups in total. The van der Waals surface area contributed by atoms with Crippen LogP contribution in [0.2, 0.25) is 0 Å². The maximum atomic E-state index is 11.8. The van der Waals surface area contributed by atoms with Gasteiger partial charge in [-0.05, 0) is 32.8 Å². The summed E-state index contributed by atoms with van der Waals surface area (Å²) < 4.78 is 5.31. The molecule has 1 atom stereocenters. The lowest BCUT2D eigenvalue weighted by Gasteiger charge is -2.20. The third-order valence-electron chi connectivity index (χ3n) is 3.52. The Balaban J connectivity index is 2.00. The molecule has 0 aliphatic carbocycles. The van der Waals surface area contributed by atoms with E-state index < -0.39 is 5.60 Å². The topological polar surface area (TPSA) is 59.0 Å². The van der Waals surface area contributed by atoms with Gasteiger partial charge in [0.2, 0.25) is 5.91 Å². The van der Waals surface area contributed by atoms with Crippen LogP contribution in [0.3, 0.4) is 0 Å². The molecule has 0 aromatic heterocycles. The molecule has 0 fully saturated rings. The highest BCUT2D eigenvalue weighted by Gasteiger charge is 2.30. The SMILES string of the molecule is CC(=O)N1N=C(CCC(=O)OC(C)(C)C)CC1c1ccccc1. The van der Waals surface area contributed by atoms with Crippen molar-refractivity contribution in [2.24, 2.45) is 5.10 Å². The first kappa shape index (κ1) is 17.2. The predicted octanol–water partition coefficient (Wildman–Crippen LogP) is 3.46. The number of hydrogen-bond donors (Lipinski definition) is 0. The van der Waals surface area contributed by atoms with Crippen LogP contribution in [0.5, 0.6) is 0 Å². The van der Waals surface area contributed by atoms with Gasteiger partial charge in [-0.3, -0.25) is 9.59 Å². The van der Waals surface area contributed by atoms with Crippen LogP contribution in [-0.2, 0) is 14.3 Å². The Morgan fingerprint density at radius 1 is 1.26 bits per heavy atom. The highest BCUT2D eigenvalue weighted by molar-refractivity contribution is 5.91. The number of amides is 1. The molecule has 0 saturated carbocycles. The fourth-order valence-electron chi connectivity index (χ4n) is 2.59. The molecule has 1 aliphatic rings. The Kier molecular flexibility index (Phi) is 5.19. The lowest BCUT2D eigenvalue weighted by molar-refractivity contribution is -0.154. The molecule has 2 rings (SSSR count). The molecule has 0 saturated heterocycles. The van der Waals surface area contributed by atoms with Crippen LogP contribution in [0.1, 0.15) is 58.6 Å². The monoisotopic (exact) mass is 316 g/mol. The van der Waals surface area contributed by atoms with Gasteiger partial charge in [-0.15, -0.1) is 0 Å². The second-order valence-electron chi connectivity index (χ2n) is 6.75. The number of benzene rings is 1. The number of carbonyl (C=O) groups excluding carboxylic acids is 2. The Morgan fingerprint density at radius 3 is 2.48 bits per heavy atom. The van der Waals surface area contributed by atoms with Crippen LogP contribution >= 0.6 is 0 Å². The van der Waals surface area contributed by atoms with Gasteiger partial charge in [0, 0.05) is 19.1 Å². The van der Waals surface area contributed by atoms with E-state index in [0.717, 1.165) is 11.3 Å². The number of carbonyl (C=O) groups is 2. The highest BCUT2D eigenvalue weighted by Crippen LogP contribution is 2.31. The van der Waals surface area contributed by atoms with Gasteiger partial charge in [-0.1, -0.05) is 30.3 Å². The van der Waals surface area contributed by atoms with Crippen LogP contribution in [-0.4, -0.2) is 28.2 Å². The minimum absolute atomic E-state index is 0.0812. The zero-order valence-electron chi connectivity index (χ0n) is 14.2. The molecule has 124 valence electrons. The van der Waals surface area contributed by atoms with Crippen molar-refractivity contribution in [3.8, 4) is 0 Å². The summed E-state index contributed by atoms with van der Waals surface area (Å²) in [6.45, 7) is 7.05. The summed E-state index contributed by atoms with van der Waals surface area (Å²) in [5, 5.41) is 5.92. The zero-order chi connectivity index (χ0) is 17.0. The van der Waals surface area contributed by atoms with E-state index in [9.17, 15) is 9.59 Å². The average molecular weight is 316 g/mol. The third kappa shape index (κ3) is 4.91. The molecule has 1 aromatic rings. The zero-order valence-corrected chi connectivity index (χ0v) is 14.2. The van der Waals surface area contributed by atoms with E-state index in [1.165, 1.54) is 11.9 Å². The van der Waals surface area contributed by atoms with Crippen molar-refractivity contribution in [3.63, 3.8) is 0 Å². The normalized spacial score (nSPS) is 17.8. The minimum Gasteiger partial charge on any atom is -0.460 e. The molecule has 1 heterocycles. The lowest BCUT2D eigenvalue weighted by atomic mass is 10.00. The van der Waals surface area contributed by atoms with E-state index in [-0.39, 0.29) is 24.3 Å². The van der Waals surface area contributed by atoms with Crippen molar-refractivity contribution in [1.82, 2.24) is 5.01 Å². The number of nitrogens with zero attached hydrogens (tertiary/aromatic N) is 2.